The van der Waals surface area contributed by atoms with E-state index in [4.69, 9.17) is 0 Å². The van der Waals surface area contributed by atoms with Gasteiger partial charge in [0.2, 0.25) is 0 Å². The van der Waals surface area contributed by atoms with Gasteiger partial charge in [0, 0.05) is 30.2 Å². The zero-order valence-electron chi connectivity index (χ0n) is 9.87. The smallest absolute Gasteiger partial charge is 0.254 e. The maximum Gasteiger partial charge on any atom is 0.254 e. The van der Waals surface area contributed by atoms with Crippen LogP contribution in [0.25, 0.3) is 0 Å². The fourth-order valence-electron chi connectivity index (χ4n) is 1.77. The molecule has 0 aliphatic carbocycles. The number of aryl methyl sites for hydroxylation is 1. The van der Waals surface area contributed by atoms with Crippen LogP contribution < -0.4 is 5.32 Å². The molecule has 2 rings (SSSR count). The highest BCUT2D eigenvalue weighted by atomic mass is 79.9. The standard InChI is InChI=1S/C12H15BrN2O.ClH/c1-8-5-9(13)3-4-11(8)12(16)15(2)10-6-14-7-10;/h3-5,10,14H,6-7H2,1-2H3;1H. The molecule has 1 saturated heterocycles. The monoisotopic (exact) mass is 318 g/mol. The number of nitrogens with zero attached hydrogens (tertiary/aromatic N) is 1. The number of carbonyl (C=O) groups is 1. The predicted molar refractivity (Wildman–Crippen MR) is 74.9 cm³/mol. The minimum atomic E-state index is 0. The third-order valence-corrected chi connectivity index (χ3v) is 3.54. The molecule has 1 aliphatic rings. The minimum absolute atomic E-state index is 0. The van der Waals surface area contributed by atoms with E-state index in [1.165, 1.54) is 0 Å². The average molecular weight is 320 g/mol. The number of halogens is 2. The summed E-state index contributed by atoms with van der Waals surface area (Å²) in [7, 11) is 1.87. The number of hydrogen-bond donors (Lipinski definition) is 1. The van der Waals surface area contributed by atoms with Crippen molar-refractivity contribution in [3.05, 3.63) is 33.8 Å². The number of likely N-dealkylation sites (N-methyl/N-ethyl adjacent to an activating group) is 1. The third kappa shape index (κ3) is 3.00. The Kier molecular flexibility index (Phi) is 4.98. The lowest BCUT2D eigenvalue weighted by Crippen LogP contribution is -2.57. The van der Waals surface area contributed by atoms with Crippen LogP contribution in [0.3, 0.4) is 0 Å². The first kappa shape index (κ1) is 14.5. The molecule has 1 fully saturated rings. The van der Waals surface area contributed by atoms with Crippen LogP contribution >= 0.6 is 28.3 Å². The van der Waals surface area contributed by atoms with Crippen molar-refractivity contribution in [3.8, 4) is 0 Å². The molecule has 5 heteroatoms. The lowest BCUT2D eigenvalue weighted by atomic mass is 10.1. The SMILES string of the molecule is Cc1cc(Br)ccc1C(=O)N(C)C1CNC1.Cl. The third-order valence-electron chi connectivity index (χ3n) is 3.05. The molecule has 0 radical (unpaired) electrons. The summed E-state index contributed by atoms with van der Waals surface area (Å²) in [4.78, 5) is 14.0. The Morgan fingerprint density at radius 3 is 2.59 bits per heavy atom. The quantitative estimate of drug-likeness (QED) is 0.906. The zero-order chi connectivity index (χ0) is 11.7. The predicted octanol–water partition coefficient (Wildman–Crippen LogP) is 2.22. The van der Waals surface area contributed by atoms with Gasteiger partial charge in [0.15, 0.2) is 0 Å². The van der Waals surface area contributed by atoms with Crippen molar-refractivity contribution in [1.29, 1.82) is 0 Å². The first-order valence-corrected chi connectivity index (χ1v) is 6.13. The second-order valence-corrected chi connectivity index (χ2v) is 5.10. The lowest BCUT2D eigenvalue weighted by molar-refractivity contribution is 0.0680. The van der Waals surface area contributed by atoms with Crippen molar-refractivity contribution in [2.45, 2.75) is 13.0 Å². The molecule has 0 unspecified atom stereocenters. The van der Waals surface area contributed by atoms with Gasteiger partial charge in [0.05, 0.1) is 6.04 Å². The van der Waals surface area contributed by atoms with Gasteiger partial charge >= 0.3 is 0 Å². The van der Waals surface area contributed by atoms with Crippen LogP contribution in [0.15, 0.2) is 22.7 Å². The largest absolute Gasteiger partial charge is 0.336 e. The Balaban J connectivity index is 0.00000144. The van der Waals surface area contributed by atoms with E-state index in [1.807, 2.05) is 37.1 Å². The highest BCUT2D eigenvalue weighted by Crippen LogP contribution is 2.18. The van der Waals surface area contributed by atoms with Crippen molar-refractivity contribution in [1.82, 2.24) is 10.2 Å². The molecule has 0 atom stereocenters. The van der Waals surface area contributed by atoms with E-state index in [9.17, 15) is 4.79 Å². The Labute approximate surface area is 116 Å². The van der Waals surface area contributed by atoms with Gasteiger partial charge in [-0.3, -0.25) is 4.79 Å². The van der Waals surface area contributed by atoms with Crippen LogP contribution in [0.5, 0.6) is 0 Å². The molecule has 1 N–H and O–H groups in total. The molecule has 0 spiro atoms. The molecule has 0 bridgehead atoms. The summed E-state index contributed by atoms with van der Waals surface area (Å²) in [5.41, 5.74) is 1.80. The fraction of sp³-hybridized carbons (Fsp3) is 0.417. The van der Waals surface area contributed by atoms with Crippen molar-refractivity contribution < 1.29 is 4.79 Å². The molecule has 1 aromatic carbocycles. The molecule has 17 heavy (non-hydrogen) atoms. The van der Waals surface area contributed by atoms with Crippen molar-refractivity contribution in [2.24, 2.45) is 0 Å². The average Bonchev–Trinajstić information content (AvgIpc) is 2.14. The summed E-state index contributed by atoms with van der Waals surface area (Å²) in [6.45, 7) is 3.76. The van der Waals surface area contributed by atoms with Gasteiger partial charge in [-0.2, -0.15) is 0 Å². The van der Waals surface area contributed by atoms with E-state index < -0.39 is 0 Å². The normalized spacial score (nSPS) is 14.8. The Hall–Kier alpha value is -0.580. The minimum Gasteiger partial charge on any atom is -0.336 e. The number of amides is 1. The first-order chi connectivity index (χ1) is 7.59. The maximum absolute atomic E-state index is 12.2. The van der Waals surface area contributed by atoms with Gasteiger partial charge in [-0.05, 0) is 30.7 Å². The number of rotatable bonds is 2. The maximum atomic E-state index is 12.2. The van der Waals surface area contributed by atoms with Gasteiger partial charge in [-0.1, -0.05) is 15.9 Å². The van der Waals surface area contributed by atoms with E-state index >= 15 is 0 Å². The molecular formula is C12H16BrClN2O. The van der Waals surface area contributed by atoms with E-state index in [0.29, 0.717) is 6.04 Å². The topological polar surface area (TPSA) is 32.3 Å². The molecule has 1 aliphatic heterocycles. The van der Waals surface area contributed by atoms with Crippen LogP contribution in [-0.2, 0) is 0 Å². The highest BCUT2D eigenvalue weighted by molar-refractivity contribution is 9.10. The van der Waals surface area contributed by atoms with Gasteiger partial charge in [-0.15, -0.1) is 12.4 Å². The van der Waals surface area contributed by atoms with Crippen molar-refractivity contribution in [2.75, 3.05) is 20.1 Å². The van der Waals surface area contributed by atoms with Gasteiger partial charge in [-0.25, -0.2) is 0 Å². The summed E-state index contributed by atoms with van der Waals surface area (Å²) in [5.74, 6) is 0.108. The van der Waals surface area contributed by atoms with Crippen molar-refractivity contribution >= 4 is 34.2 Å². The Morgan fingerprint density at radius 2 is 2.12 bits per heavy atom. The summed E-state index contributed by atoms with van der Waals surface area (Å²) < 4.78 is 1.01. The van der Waals surface area contributed by atoms with Crippen LogP contribution in [0.2, 0.25) is 0 Å². The van der Waals surface area contributed by atoms with Crippen LogP contribution in [0, 0.1) is 6.92 Å². The number of hydrogen-bond acceptors (Lipinski definition) is 2. The highest BCUT2D eigenvalue weighted by Gasteiger charge is 2.26. The van der Waals surface area contributed by atoms with Crippen LogP contribution in [-0.4, -0.2) is 37.0 Å². The van der Waals surface area contributed by atoms with Crippen LogP contribution in [0.4, 0.5) is 0 Å². The summed E-state index contributed by atoms with van der Waals surface area (Å²) in [5, 5.41) is 3.17. The Morgan fingerprint density at radius 1 is 1.47 bits per heavy atom. The Bertz CT molecular complexity index is 421. The van der Waals surface area contributed by atoms with Crippen LogP contribution in [0.1, 0.15) is 15.9 Å². The summed E-state index contributed by atoms with van der Waals surface area (Å²) in [6, 6.07) is 6.10. The lowest BCUT2D eigenvalue weighted by Gasteiger charge is -2.35. The molecule has 1 aromatic rings. The van der Waals surface area contributed by atoms with Gasteiger partial charge in [0.25, 0.3) is 5.91 Å². The summed E-state index contributed by atoms with van der Waals surface area (Å²) >= 11 is 3.40. The second-order valence-electron chi connectivity index (χ2n) is 4.19. The molecule has 0 saturated carbocycles. The molecular weight excluding hydrogens is 304 g/mol. The van der Waals surface area contributed by atoms with E-state index in [2.05, 4.69) is 21.2 Å². The summed E-state index contributed by atoms with van der Waals surface area (Å²) in [6.07, 6.45) is 0. The second kappa shape index (κ2) is 5.85. The number of nitrogens with one attached hydrogen (secondary N) is 1. The molecule has 0 aromatic heterocycles. The molecule has 1 heterocycles. The zero-order valence-corrected chi connectivity index (χ0v) is 12.3. The first-order valence-electron chi connectivity index (χ1n) is 5.33. The number of benzene rings is 1. The molecule has 94 valence electrons. The van der Waals surface area contributed by atoms with Gasteiger partial charge in [0.1, 0.15) is 0 Å². The molecule has 1 amide bonds. The van der Waals surface area contributed by atoms with E-state index in [1.54, 1.807) is 0 Å². The van der Waals surface area contributed by atoms with Gasteiger partial charge < -0.3 is 10.2 Å². The van der Waals surface area contributed by atoms with Crippen molar-refractivity contribution in [3.63, 3.8) is 0 Å². The fourth-order valence-corrected chi connectivity index (χ4v) is 2.25. The van der Waals surface area contributed by atoms with E-state index in [0.717, 1.165) is 28.7 Å². The number of carbonyl (C=O) groups excluding carboxylic acids is 1. The van der Waals surface area contributed by atoms with E-state index in [-0.39, 0.29) is 18.3 Å². The molecule has 3 nitrogen and oxygen atoms in total.